The Labute approximate surface area is 135 Å². The van der Waals surface area contributed by atoms with Crippen molar-refractivity contribution in [2.45, 2.75) is 26.8 Å². The van der Waals surface area contributed by atoms with Gasteiger partial charge in [0.05, 0.1) is 12.2 Å². The van der Waals surface area contributed by atoms with Crippen molar-refractivity contribution in [3.63, 3.8) is 0 Å². The van der Waals surface area contributed by atoms with Crippen molar-refractivity contribution in [3.8, 4) is 0 Å². The molecular formula is C19H20FN3. The van der Waals surface area contributed by atoms with E-state index in [9.17, 15) is 4.39 Å². The van der Waals surface area contributed by atoms with Gasteiger partial charge in [0.25, 0.3) is 0 Å². The molecule has 0 amide bonds. The Morgan fingerprint density at radius 1 is 1.04 bits per heavy atom. The third kappa shape index (κ3) is 3.26. The average molecular weight is 309 g/mol. The second kappa shape index (κ2) is 6.24. The summed E-state index contributed by atoms with van der Waals surface area (Å²) in [4.78, 5) is 0. The van der Waals surface area contributed by atoms with E-state index in [2.05, 4.69) is 5.10 Å². The molecule has 2 aromatic carbocycles. The zero-order chi connectivity index (χ0) is 16.4. The third-order valence-electron chi connectivity index (χ3n) is 4.17. The van der Waals surface area contributed by atoms with Gasteiger partial charge in [-0.1, -0.05) is 30.3 Å². The zero-order valence-electron chi connectivity index (χ0n) is 13.4. The molecule has 3 rings (SSSR count). The van der Waals surface area contributed by atoms with E-state index in [1.807, 2.05) is 48.9 Å². The fourth-order valence-corrected chi connectivity index (χ4v) is 2.77. The van der Waals surface area contributed by atoms with Crippen molar-refractivity contribution in [1.29, 1.82) is 0 Å². The summed E-state index contributed by atoms with van der Waals surface area (Å²) >= 11 is 0. The first-order valence-electron chi connectivity index (χ1n) is 7.65. The minimum absolute atomic E-state index is 0.194. The van der Waals surface area contributed by atoms with Crippen molar-refractivity contribution >= 4 is 5.69 Å². The number of halogens is 1. The highest BCUT2D eigenvalue weighted by Gasteiger charge is 2.13. The molecule has 3 aromatic rings. The van der Waals surface area contributed by atoms with Gasteiger partial charge < -0.3 is 5.73 Å². The van der Waals surface area contributed by atoms with Crippen molar-refractivity contribution < 1.29 is 4.39 Å². The monoisotopic (exact) mass is 309 g/mol. The number of benzene rings is 2. The maximum absolute atomic E-state index is 13.8. The number of rotatable bonds is 4. The fraction of sp³-hybridized carbons (Fsp3) is 0.211. The second-order valence-corrected chi connectivity index (χ2v) is 5.82. The van der Waals surface area contributed by atoms with Crippen LogP contribution in [0.25, 0.3) is 0 Å². The molecule has 3 nitrogen and oxygen atoms in total. The van der Waals surface area contributed by atoms with Crippen LogP contribution in [0.3, 0.4) is 0 Å². The molecule has 0 bridgehead atoms. The lowest BCUT2D eigenvalue weighted by Gasteiger charge is -2.07. The van der Waals surface area contributed by atoms with Gasteiger partial charge >= 0.3 is 0 Å². The third-order valence-corrected chi connectivity index (χ3v) is 4.17. The minimum atomic E-state index is -0.194. The molecule has 0 unspecified atom stereocenters. The smallest absolute Gasteiger partial charge is 0.128 e. The van der Waals surface area contributed by atoms with E-state index in [1.165, 1.54) is 17.2 Å². The lowest BCUT2D eigenvalue weighted by Crippen LogP contribution is -2.06. The molecular weight excluding hydrogens is 289 g/mol. The van der Waals surface area contributed by atoms with E-state index in [4.69, 9.17) is 5.73 Å². The number of hydrogen-bond donors (Lipinski definition) is 1. The van der Waals surface area contributed by atoms with Crippen LogP contribution in [0.15, 0.2) is 48.5 Å². The molecule has 4 heteroatoms. The minimum Gasteiger partial charge on any atom is -0.399 e. The Balaban J connectivity index is 1.87. The highest BCUT2D eigenvalue weighted by atomic mass is 19.1. The highest BCUT2D eigenvalue weighted by Crippen LogP contribution is 2.20. The zero-order valence-corrected chi connectivity index (χ0v) is 13.4. The van der Waals surface area contributed by atoms with E-state index in [-0.39, 0.29) is 5.82 Å². The number of nitrogens with zero attached hydrogens (tertiary/aromatic N) is 2. The first-order chi connectivity index (χ1) is 11.0. The summed E-state index contributed by atoms with van der Waals surface area (Å²) in [5, 5.41) is 4.59. The molecule has 0 radical (unpaired) electrons. The molecule has 23 heavy (non-hydrogen) atoms. The molecule has 1 aromatic heterocycles. The summed E-state index contributed by atoms with van der Waals surface area (Å²) in [5.41, 5.74) is 11.6. The van der Waals surface area contributed by atoms with Crippen LogP contribution in [0.2, 0.25) is 0 Å². The number of hydrogen-bond acceptors (Lipinski definition) is 2. The molecule has 2 N–H and O–H groups in total. The standard InChI is InChI=1S/C19H20FN3/c1-13-18(11-15-7-9-17(21)10-8-15)14(2)23(22-13)12-16-5-3-4-6-19(16)20/h3-10H,11-12,21H2,1-2H3. The Morgan fingerprint density at radius 2 is 1.74 bits per heavy atom. The lowest BCUT2D eigenvalue weighted by atomic mass is 10.0. The Morgan fingerprint density at radius 3 is 2.43 bits per heavy atom. The molecule has 0 aliphatic carbocycles. The maximum atomic E-state index is 13.8. The normalized spacial score (nSPS) is 10.9. The van der Waals surface area contributed by atoms with Crippen LogP contribution in [0.5, 0.6) is 0 Å². The van der Waals surface area contributed by atoms with Crippen LogP contribution in [-0.2, 0) is 13.0 Å². The molecule has 118 valence electrons. The molecule has 0 atom stereocenters. The van der Waals surface area contributed by atoms with Crippen molar-refractivity contribution in [1.82, 2.24) is 9.78 Å². The number of nitrogen functional groups attached to an aromatic ring is 1. The van der Waals surface area contributed by atoms with Gasteiger partial charge in [-0.05, 0) is 37.6 Å². The van der Waals surface area contributed by atoms with Crippen LogP contribution in [-0.4, -0.2) is 9.78 Å². The second-order valence-electron chi connectivity index (χ2n) is 5.82. The van der Waals surface area contributed by atoms with E-state index in [0.29, 0.717) is 12.1 Å². The lowest BCUT2D eigenvalue weighted by molar-refractivity contribution is 0.578. The first-order valence-corrected chi connectivity index (χ1v) is 7.65. The quantitative estimate of drug-likeness (QED) is 0.744. The number of anilines is 1. The number of aryl methyl sites for hydroxylation is 1. The van der Waals surface area contributed by atoms with Crippen LogP contribution < -0.4 is 5.73 Å². The fourth-order valence-electron chi connectivity index (χ4n) is 2.77. The van der Waals surface area contributed by atoms with E-state index in [0.717, 1.165) is 23.5 Å². The summed E-state index contributed by atoms with van der Waals surface area (Å²) in [6, 6.07) is 14.7. The molecule has 0 spiro atoms. The largest absolute Gasteiger partial charge is 0.399 e. The van der Waals surface area contributed by atoms with Gasteiger partial charge in [-0.15, -0.1) is 0 Å². The SMILES string of the molecule is Cc1nn(Cc2ccccc2F)c(C)c1Cc1ccc(N)cc1. The topological polar surface area (TPSA) is 43.8 Å². The average Bonchev–Trinajstić information content (AvgIpc) is 2.79. The van der Waals surface area contributed by atoms with E-state index < -0.39 is 0 Å². The van der Waals surface area contributed by atoms with Gasteiger partial charge in [0, 0.05) is 28.9 Å². The summed E-state index contributed by atoms with van der Waals surface area (Å²) in [6.07, 6.45) is 0.801. The molecule has 1 heterocycles. The van der Waals surface area contributed by atoms with E-state index >= 15 is 0 Å². The van der Waals surface area contributed by atoms with Gasteiger partial charge in [-0.2, -0.15) is 5.10 Å². The Bertz CT molecular complexity index is 819. The van der Waals surface area contributed by atoms with Crippen LogP contribution in [0.4, 0.5) is 10.1 Å². The summed E-state index contributed by atoms with van der Waals surface area (Å²) < 4.78 is 15.7. The van der Waals surface area contributed by atoms with Crippen LogP contribution in [0.1, 0.15) is 28.1 Å². The summed E-state index contributed by atoms with van der Waals surface area (Å²) in [6.45, 7) is 4.48. The van der Waals surface area contributed by atoms with Crippen molar-refractivity contribution in [2.75, 3.05) is 5.73 Å². The van der Waals surface area contributed by atoms with Gasteiger partial charge in [-0.3, -0.25) is 4.68 Å². The first kappa shape index (κ1) is 15.3. The molecule has 0 fully saturated rings. The highest BCUT2D eigenvalue weighted by molar-refractivity contribution is 5.41. The van der Waals surface area contributed by atoms with Crippen LogP contribution in [0, 0.1) is 19.7 Å². The molecule has 0 saturated carbocycles. The van der Waals surface area contributed by atoms with Crippen molar-refractivity contribution in [3.05, 3.63) is 82.4 Å². The maximum Gasteiger partial charge on any atom is 0.128 e. The molecule has 0 aliphatic heterocycles. The number of nitrogens with two attached hydrogens (primary N) is 1. The predicted octanol–water partition coefficient (Wildman–Crippen LogP) is 3.86. The van der Waals surface area contributed by atoms with Gasteiger partial charge in [-0.25, -0.2) is 4.39 Å². The van der Waals surface area contributed by atoms with Crippen molar-refractivity contribution in [2.24, 2.45) is 0 Å². The number of aromatic nitrogens is 2. The van der Waals surface area contributed by atoms with Gasteiger partial charge in [0.15, 0.2) is 0 Å². The Hall–Kier alpha value is -2.62. The molecule has 0 saturated heterocycles. The predicted molar refractivity (Wildman–Crippen MR) is 90.9 cm³/mol. The van der Waals surface area contributed by atoms with E-state index in [1.54, 1.807) is 12.1 Å². The van der Waals surface area contributed by atoms with Crippen LogP contribution >= 0.6 is 0 Å². The van der Waals surface area contributed by atoms with Gasteiger partial charge in [0.1, 0.15) is 5.82 Å². The van der Waals surface area contributed by atoms with Gasteiger partial charge in [0.2, 0.25) is 0 Å². The molecule has 0 aliphatic rings. The summed E-state index contributed by atoms with van der Waals surface area (Å²) in [5.74, 6) is -0.194. The summed E-state index contributed by atoms with van der Waals surface area (Å²) in [7, 11) is 0. The Kier molecular flexibility index (Phi) is 4.15.